The minimum absolute atomic E-state index is 0. The van der Waals surface area contributed by atoms with E-state index in [2.05, 4.69) is 25.6 Å². The Morgan fingerprint density at radius 1 is 1.16 bits per heavy atom. The van der Waals surface area contributed by atoms with Crippen molar-refractivity contribution in [3.05, 3.63) is 66.0 Å². The number of hydrogen-bond acceptors (Lipinski definition) is 6. The number of amides is 1. The molecule has 1 saturated heterocycles. The minimum atomic E-state index is -4.77. The third-order valence-electron chi connectivity index (χ3n) is 4.49. The number of ether oxygens (including phenoxy) is 2. The first kappa shape index (κ1) is 23.5. The number of aromatic nitrogens is 3. The molecule has 1 aliphatic rings. The van der Waals surface area contributed by atoms with Crippen LogP contribution in [0, 0.1) is 0 Å². The summed E-state index contributed by atoms with van der Waals surface area (Å²) in [6.07, 6.45) is -3.52. The second-order valence-electron chi connectivity index (χ2n) is 6.70. The van der Waals surface area contributed by atoms with E-state index in [0.29, 0.717) is 18.0 Å². The lowest BCUT2D eigenvalue weighted by molar-refractivity contribution is -0.274. The molecule has 2 N–H and O–H groups in total. The minimum Gasteiger partial charge on any atom is -0.406 e. The fraction of sp³-hybridized carbons (Fsp3) is 0.250. The number of nitrogens with one attached hydrogen (secondary N) is 2. The molecule has 0 saturated carbocycles. The highest BCUT2D eigenvalue weighted by atomic mass is 35.5. The van der Waals surface area contributed by atoms with Gasteiger partial charge < -0.3 is 20.1 Å². The zero-order chi connectivity index (χ0) is 21.8. The topological polar surface area (TPSA) is 90.3 Å². The molecular formula is C20H19ClF3N5O3. The van der Waals surface area contributed by atoms with Crippen molar-refractivity contribution in [3.8, 4) is 11.4 Å². The molecule has 1 aromatic heterocycles. The third-order valence-corrected chi connectivity index (χ3v) is 4.49. The fourth-order valence-corrected chi connectivity index (χ4v) is 3.03. The van der Waals surface area contributed by atoms with Crippen LogP contribution in [0.3, 0.4) is 0 Å². The van der Waals surface area contributed by atoms with Crippen LogP contribution in [0.5, 0.6) is 5.75 Å². The maximum atomic E-state index is 12.4. The summed E-state index contributed by atoms with van der Waals surface area (Å²) >= 11 is 0. The van der Waals surface area contributed by atoms with Crippen molar-refractivity contribution in [1.82, 2.24) is 20.3 Å². The summed E-state index contributed by atoms with van der Waals surface area (Å²) in [6.45, 7) is 2.21. The molecule has 32 heavy (non-hydrogen) atoms. The Balaban J connectivity index is 0.00000289. The van der Waals surface area contributed by atoms with Gasteiger partial charge in [-0.3, -0.25) is 4.79 Å². The van der Waals surface area contributed by atoms with Gasteiger partial charge in [0.2, 0.25) is 0 Å². The van der Waals surface area contributed by atoms with E-state index >= 15 is 0 Å². The molecule has 8 nitrogen and oxygen atoms in total. The van der Waals surface area contributed by atoms with E-state index < -0.39 is 12.3 Å². The lowest BCUT2D eigenvalue weighted by Gasteiger charge is -2.24. The number of nitrogens with zero attached hydrogens (tertiary/aromatic N) is 3. The SMILES string of the molecule is Cl.O=C(Nc1ccc([C@H]2CNCCO2)cc1)c1cnn(-c2ccc(OC(F)(F)F)cc2)n1. The van der Waals surface area contributed by atoms with Gasteiger partial charge in [0.15, 0.2) is 5.69 Å². The van der Waals surface area contributed by atoms with Gasteiger partial charge in [0.1, 0.15) is 5.75 Å². The first-order chi connectivity index (χ1) is 14.9. The number of carbonyl (C=O) groups excluding carboxylic acids is 1. The molecule has 1 amide bonds. The fourth-order valence-electron chi connectivity index (χ4n) is 3.03. The quantitative estimate of drug-likeness (QED) is 0.594. The summed E-state index contributed by atoms with van der Waals surface area (Å²) in [7, 11) is 0. The monoisotopic (exact) mass is 469 g/mol. The number of halogens is 4. The molecule has 2 aromatic carbocycles. The standard InChI is InChI=1S/C20H18F3N5O3.ClH/c21-20(22,23)31-16-7-5-15(6-8-16)28-25-11-17(27-28)19(29)26-14-3-1-13(2-4-14)18-12-24-9-10-30-18;/h1-8,11,18,24H,9-10,12H2,(H,26,29);1H/t18-;/m1./s1. The van der Waals surface area contributed by atoms with Gasteiger partial charge in [-0.25, -0.2) is 0 Å². The molecule has 0 unspecified atom stereocenters. The number of morpholine rings is 1. The van der Waals surface area contributed by atoms with Crippen molar-refractivity contribution in [2.75, 3.05) is 25.0 Å². The van der Waals surface area contributed by atoms with E-state index in [1.165, 1.54) is 18.3 Å². The Hall–Kier alpha value is -3.15. The lowest BCUT2D eigenvalue weighted by atomic mass is 10.1. The molecule has 0 radical (unpaired) electrons. The number of benzene rings is 2. The summed E-state index contributed by atoms with van der Waals surface area (Å²) in [6, 6.07) is 12.3. The van der Waals surface area contributed by atoms with Crippen LogP contribution in [0.1, 0.15) is 22.2 Å². The van der Waals surface area contributed by atoms with E-state index in [1.807, 2.05) is 12.1 Å². The van der Waals surface area contributed by atoms with Crippen molar-refractivity contribution in [3.63, 3.8) is 0 Å². The van der Waals surface area contributed by atoms with E-state index in [9.17, 15) is 18.0 Å². The summed E-state index contributed by atoms with van der Waals surface area (Å²) < 4.78 is 46.3. The van der Waals surface area contributed by atoms with Gasteiger partial charge in [-0.15, -0.1) is 30.7 Å². The van der Waals surface area contributed by atoms with Gasteiger partial charge >= 0.3 is 6.36 Å². The smallest absolute Gasteiger partial charge is 0.406 e. The van der Waals surface area contributed by atoms with E-state index in [4.69, 9.17) is 4.74 Å². The Bertz CT molecular complexity index is 1040. The van der Waals surface area contributed by atoms with Gasteiger partial charge in [0.05, 0.1) is 24.6 Å². The molecule has 1 fully saturated rings. The van der Waals surface area contributed by atoms with Crippen molar-refractivity contribution >= 4 is 24.0 Å². The Morgan fingerprint density at radius 2 is 1.88 bits per heavy atom. The molecule has 4 rings (SSSR count). The van der Waals surface area contributed by atoms with Crippen LogP contribution in [-0.4, -0.2) is 47.0 Å². The van der Waals surface area contributed by atoms with Gasteiger partial charge in [-0.05, 0) is 42.0 Å². The van der Waals surface area contributed by atoms with Crippen LogP contribution in [-0.2, 0) is 4.74 Å². The van der Waals surface area contributed by atoms with Crippen LogP contribution in [0.15, 0.2) is 54.7 Å². The average Bonchev–Trinajstić information content (AvgIpc) is 3.25. The Morgan fingerprint density at radius 3 is 2.50 bits per heavy atom. The normalized spacial score (nSPS) is 16.2. The van der Waals surface area contributed by atoms with Crippen molar-refractivity contribution in [2.45, 2.75) is 12.5 Å². The lowest BCUT2D eigenvalue weighted by Crippen LogP contribution is -2.33. The number of hydrogen-bond donors (Lipinski definition) is 2. The van der Waals surface area contributed by atoms with Crippen molar-refractivity contribution < 1.29 is 27.4 Å². The second kappa shape index (κ2) is 9.98. The highest BCUT2D eigenvalue weighted by molar-refractivity contribution is 6.02. The summed E-state index contributed by atoms with van der Waals surface area (Å²) in [5.41, 5.74) is 2.02. The molecule has 1 atom stereocenters. The first-order valence-electron chi connectivity index (χ1n) is 9.39. The Labute approximate surface area is 187 Å². The summed E-state index contributed by atoms with van der Waals surface area (Å²) in [5, 5.41) is 14.1. The molecule has 0 bridgehead atoms. The van der Waals surface area contributed by atoms with Gasteiger partial charge in [-0.2, -0.15) is 9.90 Å². The van der Waals surface area contributed by atoms with Crippen LogP contribution in [0.2, 0.25) is 0 Å². The van der Waals surface area contributed by atoms with E-state index in [1.54, 1.807) is 12.1 Å². The predicted octanol–water partition coefficient (Wildman–Crippen LogP) is 3.50. The first-order valence-corrected chi connectivity index (χ1v) is 9.39. The Kier molecular flexibility index (Phi) is 7.33. The summed E-state index contributed by atoms with van der Waals surface area (Å²) in [4.78, 5) is 13.6. The van der Waals surface area contributed by atoms with Gasteiger partial charge in [-0.1, -0.05) is 12.1 Å². The summed E-state index contributed by atoms with van der Waals surface area (Å²) in [5.74, 6) is -0.828. The van der Waals surface area contributed by atoms with Crippen LogP contribution >= 0.6 is 12.4 Å². The van der Waals surface area contributed by atoms with Crippen LogP contribution < -0.4 is 15.4 Å². The molecule has 1 aliphatic heterocycles. The van der Waals surface area contributed by atoms with Gasteiger partial charge in [0.25, 0.3) is 5.91 Å². The molecule has 0 spiro atoms. The zero-order valence-corrected chi connectivity index (χ0v) is 17.3. The number of alkyl halides is 3. The molecular weight excluding hydrogens is 451 g/mol. The van der Waals surface area contributed by atoms with Crippen LogP contribution in [0.25, 0.3) is 5.69 Å². The number of rotatable bonds is 5. The van der Waals surface area contributed by atoms with Gasteiger partial charge in [0, 0.05) is 18.8 Å². The average molecular weight is 470 g/mol. The molecule has 3 aromatic rings. The molecule has 0 aliphatic carbocycles. The predicted molar refractivity (Wildman–Crippen MR) is 111 cm³/mol. The molecule has 2 heterocycles. The largest absolute Gasteiger partial charge is 0.573 e. The molecule has 12 heteroatoms. The van der Waals surface area contributed by atoms with Crippen molar-refractivity contribution in [1.29, 1.82) is 0 Å². The van der Waals surface area contributed by atoms with E-state index in [0.717, 1.165) is 35.6 Å². The maximum absolute atomic E-state index is 12.4. The highest BCUT2D eigenvalue weighted by Gasteiger charge is 2.31. The zero-order valence-electron chi connectivity index (χ0n) is 16.5. The second-order valence-corrected chi connectivity index (χ2v) is 6.70. The third kappa shape index (κ3) is 5.96. The number of carbonyl (C=O) groups is 1. The number of anilines is 1. The van der Waals surface area contributed by atoms with Crippen molar-refractivity contribution in [2.24, 2.45) is 0 Å². The molecule has 170 valence electrons. The maximum Gasteiger partial charge on any atom is 0.573 e. The van der Waals surface area contributed by atoms with Crippen LogP contribution in [0.4, 0.5) is 18.9 Å². The highest BCUT2D eigenvalue weighted by Crippen LogP contribution is 2.24. The van der Waals surface area contributed by atoms with E-state index in [-0.39, 0.29) is 30.0 Å².